The molecule has 0 aliphatic rings. The third kappa shape index (κ3) is 3.48. The highest BCUT2D eigenvalue weighted by Gasteiger charge is 2.30. The van der Waals surface area contributed by atoms with E-state index < -0.39 is 7.14 Å². The minimum absolute atomic E-state index is 0.766. The zero-order valence-electron chi connectivity index (χ0n) is 23.1. The van der Waals surface area contributed by atoms with Crippen molar-refractivity contribution in [2.75, 3.05) is 0 Å². The van der Waals surface area contributed by atoms with Crippen LogP contribution in [0, 0.1) is 0 Å². The molecule has 9 rings (SSSR count). The molecule has 0 aliphatic heterocycles. The first-order chi connectivity index (χ1) is 21.2. The third-order valence-electron chi connectivity index (χ3n) is 8.69. The average Bonchev–Trinajstić information content (AvgIpc) is 3.47. The Labute approximate surface area is 247 Å². The van der Waals surface area contributed by atoms with E-state index in [-0.39, 0.29) is 0 Å². The predicted octanol–water partition coefficient (Wildman–Crippen LogP) is 8.13. The SMILES string of the molecule is O=P(c1ccccc1)(c1ccncc1)c1ccc2ccc3c4cc5ccccc5cc4n4c5ccccc5nc4c3c2c1. The van der Waals surface area contributed by atoms with Crippen LogP contribution in [0.15, 0.2) is 146 Å². The van der Waals surface area contributed by atoms with Gasteiger partial charge in [-0.1, -0.05) is 91.0 Å². The maximum atomic E-state index is 15.3. The van der Waals surface area contributed by atoms with E-state index in [2.05, 4.69) is 88.2 Å². The van der Waals surface area contributed by atoms with Crippen LogP contribution in [0.25, 0.3) is 59.9 Å². The van der Waals surface area contributed by atoms with Gasteiger partial charge in [-0.15, -0.1) is 0 Å². The maximum absolute atomic E-state index is 15.3. The van der Waals surface area contributed by atoms with Crippen LogP contribution in [-0.2, 0) is 4.57 Å². The zero-order valence-corrected chi connectivity index (χ0v) is 23.9. The van der Waals surface area contributed by atoms with E-state index in [1.165, 1.54) is 10.8 Å². The number of rotatable bonds is 3. The minimum Gasteiger partial charge on any atom is -0.309 e. The Kier molecular flexibility index (Phi) is 5.14. The van der Waals surface area contributed by atoms with E-state index in [0.29, 0.717) is 0 Å². The van der Waals surface area contributed by atoms with Gasteiger partial charge in [-0.2, -0.15) is 0 Å². The molecule has 0 amide bonds. The lowest BCUT2D eigenvalue weighted by atomic mass is 9.97. The highest BCUT2D eigenvalue weighted by Crippen LogP contribution is 2.44. The Morgan fingerprint density at radius 1 is 0.512 bits per heavy atom. The molecule has 0 aliphatic carbocycles. The first-order valence-corrected chi connectivity index (χ1v) is 16.1. The maximum Gasteiger partial charge on any atom is 0.171 e. The summed E-state index contributed by atoms with van der Waals surface area (Å²) in [6.07, 6.45) is 3.44. The molecule has 1 unspecified atom stereocenters. The summed E-state index contributed by atoms with van der Waals surface area (Å²) in [7, 11) is -3.20. The van der Waals surface area contributed by atoms with Gasteiger partial charge in [-0.25, -0.2) is 4.98 Å². The van der Waals surface area contributed by atoms with Crippen LogP contribution in [0.2, 0.25) is 0 Å². The fourth-order valence-electron chi connectivity index (χ4n) is 6.67. The molecule has 0 fully saturated rings. The number of imidazole rings is 1. The fourth-order valence-corrected chi connectivity index (χ4v) is 9.31. The second kappa shape index (κ2) is 9.09. The Morgan fingerprint density at radius 3 is 2.05 bits per heavy atom. The Morgan fingerprint density at radius 2 is 1.21 bits per heavy atom. The van der Waals surface area contributed by atoms with Crippen LogP contribution >= 0.6 is 7.14 Å². The quantitative estimate of drug-likeness (QED) is 0.123. The molecule has 5 heteroatoms. The second-order valence-electron chi connectivity index (χ2n) is 11.0. The van der Waals surface area contributed by atoms with Crippen LogP contribution in [0.3, 0.4) is 0 Å². The Hall–Kier alpha value is -5.31. The molecule has 1 atom stereocenters. The second-order valence-corrected chi connectivity index (χ2v) is 13.8. The molecular formula is C38H24N3OP. The topological polar surface area (TPSA) is 47.3 Å². The lowest BCUT2D eigenvalue weighted by Gasteiger charge is -2.21. The summed E-state index contributed by atoms with van der Waals surface area (Å²) < 4.78 is 17.6. The van der Waals surface area contributed by atoms with Crippen molar-refractivity contribution >= 4 is 83.0 Å². The molecule has 0 N–H and O–H groups in total. The molecule has 0 saturated heterocycles. The molecular weight excluding hydrogens is 545 g/mol. The van der Waals surface area contributed by atoms with Gasteiger partial charge >= 0.3 is 0 Å². The highest BCUT2D eigenvalue weighted by molar-refractivity contribution is 7.85. The fraction of sp³-hybridized carbons (Fsp3) is 0. The molecule has 3 heterocycles. The van der Waals surface area contributed by atoms with Gasteiger partial charge < -0.3 is 4.57 Å². The van der Waals surface area contributed by atoms with Gasteiger partial charge in [0.15, 0.2) is 7.14 Å². The van der Waals surface area contributed by atoms with E-state index in [4.69, 9.17) is 4.98 Å². The van der Waals surface area contributed by atoms with Crippen molar-refractivity contribution in [3.63, 3.8) is 0 Å². The molecule has 0 bridgehead atoms. The summed E-state index contributed by atoms with van der Waals surface area (Å²) in [6.45, 7) is 0. The number of hydrogen-bond acceptors (Lipinski definition) is 3. The van der Waals surface area contributed by atoms with Crippen LogP contribution in [0.5, 0.6) is 0 Å². The number of para-hydroxylation sites is 2. The van der Waals surface area contributed by atoms with Gasteiger partial charge in [-0.3, -0.25) is 9.38 Å². The Bertz CT molecular complexity index is 2550. The number of benzene rings is 6. The van der Waals surface area contributed by atoms with Crippen LogP contribution in [0.1, 0.15) is 0 Å². The summed E-state index contributed by atoms with van der Waals surface area (Å²) in [5, 5.41) is 10.2. The minimum atomic E-state index is -3.20. The monoisotopic (exact) mass is 569 g/mol. The van der Waals surface area contributed by atoms with Crippen LogP contribution < -0.4 is 15.9 Å². The van der Waals surface area contributed by atoms with Crippen LogP contribution in [0.4, 0.5) is 0 Å². The van der Waals surface area contributed by atoms with Gasteiger partial charge in [0.05, 0.1) is 16.6 Å². The molecule has 0 saturated carbocycles. The summed E-state index contributed by atoms with van der Waals surface area (Å²) in [6, 6.07) is 45.6. The average molecular weight is 570 g/mol. The lowest BCUT2D eigenvalue weighted by Crippen LogP contribution is -2.25. The first kappa shape index (κ1) is 24.3. The van der Waals surface area contributed by atoms with E-state index in [1.807, 2.05) is 54.6 Å². The molecule has 0 radical (unpaired) electrons. The lowest BCUT2D eigenvalue weighted by molar-refractivity contribution is 0.592. The molecule has 0 spiro atoms. The largest absolute Gasteiger partial charge is 0.309 e. The molecule has 43 heavy (non-hydrogen) atoms. The van der Waals surface area contributed by atoms with Gasteiger partial charge in [-0.05, 0) is 69.4 Å². The number of nitrogens with zero attached hydrogens (tertiary/aromatic N) is 3. The highest BCUT2D eigenvalue weighted by atomic mass is 31.2. The molecule has 202 valence electrons. The molecule has 4 nitrogen and oxygen atoms in total. The molecule has 6 aromatic carbocycles. The summed E-state index contributed by atoms with van der Waals surface area (Å²) in [5.41, 5.74) is 4.04. The summed E-state index contributed by atoms with van der Waals surface area (Å²) in [4.78, 5) is 9.43. The number of hydrogen-bond donors (Lipinski definition) is 0. The smallest absolute Gasteiger partial charge is 0.171 e. The third-order valence-corrected chi connectivity index (χ3v) is 11.8. The normalized spacial score (nSPS) is 13.4. The predicted molar refractivity (Wildman–Crippen MR) is 180 cm³/mol. The summed E-state index contributed by atoms with van der Waals surface area (Å²) >= 11 is 0. The van der Waals surface area contributed by atoms with Gasteiger partial charge in [0.1, 0.15) is 5.65 Å². The number of pyridine rings is 2. The van der Waals surface area contributed by atoms with Gasteiger partial charge in [0.2, 0.25) is 0 Å². The van der Waals surface area contributed by atoms with Crippen molar-refractivity contribution in [1.29, 1.82) is 0 Å². The summed E-state index contributed by atoms with van der Waals surface area (Å²) in [5.74, 6) is 0. The van der Waals surface area contributed by atoms with Gasteiger partial charge in [0, 0.05) is 39.1 Å². The van der Waals surface area contributed by atoms with E-state index >= 15 is 4.57 Å². The number of aromatic nitrogens is 3. The van der Waals surface area contributed by atoms with Crippen molar-refractivity contribution in [3.8, 4) is 0 Å². The van der Waals surface area contributed by atoms with Crippen molar-refractivity contribution in [1.82, 2.24) is 14.4 Å². The van der Waals surface area contributed by atoms with Crippen molar-refractivity contribution in [2.24, 2.45) is 0 Å². The van der Waals surface area contributed by atoms with Gasteiger partial charge in [0.25, 0.3) is 0 Å². The standard InChI is InChI=1S/C38H24N3OP/c42-43(28-10-2-1-3-11-28,29-18-20-39-21-19-29)30-16-14-25-15-17-31-33-22-26-8-4-5-9-27(26)23-36(33)41-35-13-7-6-12-34(35)40-38(41)37(31)32(25)24-30/h1-24H. The number of fused-ring (bicyclic) bond motifs is 11. The van der Waals surface area contributed by atoms with Crippen molar-refractivity contribution < 1.29 is 4.57 Å². The Balaban J connectivity index is 1.47. The van der Waals surface area contributed by atoms with E-state index in [1.54, 1.807) is 12.4 Å². The molecule has 9 aromatic rings. The van der Waals surface area contributed by atoms with E-state index in [9.17, 15) is 0 Å². The zero-order chi connectivity index (χ0) is 28.5. The van der Waals surface area contributed by atoms with Crippen LogP contribution in [-0.4, -0.2) is 14.4 Å². The van der Waals surface area contributed by atoms with Crippen molar-refractivity contribution in [2.45, 2.75) is 0 Å². The molecule has 3 aromatic heterocycles. The first-order valence-electron chi connectivity index (χ1n) is 14.4. The van der Waals surface area contributed by atoms with E-state index in [0.717, 1.165) is 65.0 Å². The van der Waals surface area contributed by atoms with Crippen molar-refractivity contribution in [3.05, 3.63) is 146 Å².